The van der Waals surface area contributed by atoms with Gasteiger partial charge in [-0.2, -0.15) is 26.3 Å². The van der Waals surface area contributed by atoms with Gasteiger partial charge in [0.25, 0.3) is 0 Å². The molecule has 1 fully saturated rings. The lowest BCUT2D eigenvalue weighted by Crippen LogP contribution is -2.46. The Labute approximate surface area is 274 Å². The molecule has 2 aliphatic heterocycles. The van der Waals surface area contributed by atoms with Crippen LogP contribution in [0.15, 0.2) is 36.5 Å². The zero-order chi connectivity index (χ0) is 34.8. The molecule has 5 rings (SSSR count). The Hall–Kier alpha value is -4.34. The average Bonchev–Trinajstić information content (AvgIpc) is 3.04. The van der Waals surface area contributed by atoms with Gasteiger partial charge in [0.15, 0.2) is 0 Å². The molecule has 10 nitrogen and oxygen atoms in total. The Balaban J connectivity index is 1.56. The minimum absolute atomic E-state index is 0.103. The first kappa shape index (κ1) is 35.0. The van der Waals surface area contributed by atoms with Crippen molar-refractivity contribution in [2.24, 2.45) is 0 Å². The standard InChI is InChI=1S/C32H37F6N7O3/c1-5-22-17-24(28-25(7-8-27(42-28)47-4)45(22)30(46)48-6-2)41-29-39-18-26(44-11-9-43(3)10-12-44)23(40-29)15-19-13-20(31(33,34)35)16-21(14-19)32(36,37)38/h7-8,13-14,16,18,22,24H,5-6,9-12,15,17H2,1-4H3,(H,39,40,41)/t22-,24+/m1/s1. The number of piperazine rings is 1. The lowest BCUT2D eigenvalue weighted by molar-refractivity contribution is -0.143. The highest BCUT2D eigenvalue weighted by molar-refractivity contribution is 5.90. The van der Waals surface area contributed by atoms with Gasteiger partial charge in [0.2, 0.25) is 11.8 Å². The Morgan fingerprint density at radius 1 is 0.958 bits per heavy atom. The fourth-order valence-electron chi connectivity index (χ4n) is 6.02. The van der Waals surface area contributed by atoms with Gasteiger partial charge in [0, 0.05) is 44.7 Å². The number of methoxy groups -OCH3 is 1. The highest BCUT2D eigenvalue weighted by atomic mass is 19.4. The van der Waals surface area contributed by atoms with Crippen molar-refractivity contribution in [1.82, 2.24) is 19.9 Å². The number of ether oxygens (including phenoxy) is 2. The molecule has 0 saturated carbocycles. The zero-order valence-corrected chi connectivity index (χ0v) is 27.0. The first-order valence-corrected chi connectivity index (χ1v) is 15.6. The number of aromatic nitrogens is 3. The highest BCUT2D eigenvalue weighted by Gasteiger charge is 2.39. The number of hydrogen-bond acceptors (Lipinski definition) is 9. The van der Waals surface area contributed by atoms with Gasteiger partial charge in [0.1, 0.15) is 0 Å². The molecule has 0 radical (unpaired) electrons. The molecule has 4 heterocycles. The maximum atomic E-state index is 13.7. The van der Waals surface area contributed by atoms with E-state index < -0.39 is 35.6 Å². The van der Waals surface area contributed by atoms with Crippen LogP contribution in [-0.2, 0) is 23.5 Å². The molecule has 0 spiro atoms. The van der Waals surface area contributed by atoms with E-state index in [1.54, 1.807) is 30.2 Å². The van der Waals surface area contributed by atoms with E-state index >= 15 is 0 Å². The van der Waals surface area contributed by atoms with E-state index in [1.165, 1.54) is 7.11 Å². The Morgan fingerprint density at radius 3 is 2.21 bits per heavy atom. The van der Waals surface area contributed by atoms with Gasteiger partial charge >= 0.3 is 18.4 Å². The summed E-state index contributed by atoms with van der Waals surface area (Å²) in [5, 5.41) is 3.27. The number of anilines is 3. The number of fused-ring (bicyclic) bond motifs is 1. The summed E-state index contributed by atoms with van der Waals surface area (Å²) in [4.78, 5) is 32.5. The number of nitrogens with one attached hydrogen (secondary N) is 1. The summed E-state index contributed by atoms with van der Waals surface area (Å²) in [6, 6.07) is 4.08. The van der Waals surface area contributed by atoms with Crippen LogP contribution in [0.3, 0.4) is 0 Å². The summed E-state index contributed by atoms with van der Waals surface area (Å²) in [7, 11) is 3.42. The number of carbonyl (C=O) groups is 1. The van der Waals surface area contributed by atoms with Crippen LogP contribution in [0.25, 0.3) is 0 Å². The second-order valence-corrected chi connectivity index (χ2v) is 11.7. The molecular weight excluding hydrogens is 644 g/mol. The van der Waals surface area contributed by atoms with E-state index in [-0.39, 0.29) is 42.3 Å². The first-order valence-electron chi connectivity index (χ1n) is 15.6. The monoisotopic (exact) mass is 681 g/mol. The lowest BCUT2D eigenvalue weighted by atomic mass is 9.93. The number of nitrogens with zero attached hydrogens (tertiary/aromatic N) is 6. The molecular formula is C32H37F6N7O3. The molecule has 0 aliphatic carbocycles. The highest BCUT2D eigenvalue weighted by Crippen LogP contribution is 2.41. The Morgan fingerprint density at radius 2 is 1.62 bits per heavy atom. The van der Waals surface area contributed by atoms with Crippen LogP contribution in [0.4, 0.5) is 48.5 Å². The van der Waals surface area contributed by atoms with E-state index in [4.69, 9.17) is 9.47 Å². The van der Waals surface area contributed by atoms with Crippen LogP contribution in [-0.4, -0.2) is 78.9 Å². The average molecular weight is 682 g/mol. The van der Waals surface area contributed by atoms with Crippen molar-refractivity contribution in [2.75, 3.05) is 62.1 Å². The van der Waals surface area contributed by atoms with Crippen molar-refractivity contribution in [2.45, 2.75) is 57.5 Å². The van der Waals surface area contributed by atoms with Crippen molar-refractivity contribution < 1.29 is 40.6 Å². The predicted octanol–water partition coefficient (Wildman–Crippen LogP) is 6.56. The number of pyridine rings is 1. The molecule has 2 aliphatic rings. The van der Waals surface area contributed by atoms with Crippen molar-refractivity contribution in [1.29, 1.82) is 0 Å². The smallest absolute Gasteiger partial charge is 0.416 e. The predicted molar refractivity (Wildman–Crippen MR) is 166 cm³/mol. The third kappa shape index (κ3) is 7.69. The van der Waals surface area contributed by atoms with Gasteiger partial charge in [-0.3, -0.25) is 4.90 Å². The number of carbonyl (C=O) groups excluding carboxylic acids is 1. The van der Waals surface area contributed by atoms with Gasteiger partial charge in [-0.25, -0.2) is 19.7 Å². The molecule has 2 aromatic heterocycles. The Kier molecular flexibility index (Phi) is 10.2. The van der Waals surface area contributed by atoms with E-state index in [2.05, 4.69) is 25.2 Å². The summed E-state index contributed by atoms with van der Waals surface area (Å²) in [6.45, 7) is 6.35. The maximum Gasteiger partial charge on any atom is 0.416 e. The van der Waals surface area contributed by atoms with Gasteiger partial charge in [-0.15, -0.1) is 0 Å². The Bertz CT molecular complexity index is 1580. The summed E-state index contributed by atoms with van der Waals surface area (Å²) < 4.78 is 92.9. The minimum Gasteiger partial charge on any atom is -0.481 e. The normalized spacial score (nSPS) is 18.8. The first-order chi connectivity index (χ1) is 22.7. The number of hydrogen-bond donors (Lipinski definition) is 1. The second kappa shape index (κ2) is 14.0. The third-order valence-corrected chi connectivity index (χ3v) is 8.50. The fraction of sp³-hybridized carbons (Fsp3) is 0.500. The van der Waals surface area contributed by atoms with Crippen molar-refractivity contribution in [3.63, 3.8) is 0 Å². The number of amides is 1. The zero-order valence-electron chi connectivity index (χ0n) is 27.0. The van der Waals surface area contributed by atoms with Crippen LogP contribution in [0.1, 0.15) is 60.8 Å². The van der Waals surface area contributed by atoms with Crippen LogP contribution >= 0.6 is 0 Å². The van der Waals surface area contributed by atoms with E-state index in [0.29, 0.717) is 62.0 Å². The van der Waals surface area contributed by atoms with Gasteiger partial charge in [-0.05, 0) is 56.6 Å². The van der Waals surface area contributed by atoms with Crippen molar-refractivity contribution >= 4 is 23.4 Å². The molecule has 1 aromatic carbocycles. The molecule has 16 heteroatoms. The molecule has 48 heavy (non-hydrogen) atoms. The molecule has 1 amide bonds. The number of halogens is 6. The summed E-state index contributed by atoms with van der Waals surface area (Å²) in [5.41, 5.74) is -1.23. The van der Waals surface area contributed by atoms with Crippen LogP contribution in [0, 0.1) is 0 Å². The van der Waals surface area contributed by atoms with Crippen LogP contribution in [0.5, 0.6) is 5.88 Å². The van der Waals surface area contributed by atoms with Crippen LogP contribution < -0.4 is 19.9 Å². The number of benzene rings is 1. The summed E-state index contributed by atoms with van der Waals surface area (Å²) >= 11 is 0. The lowest BCUT2D eigenvalue weighted by Gasteiger charge is -2.39. The van der Waals surface area contributed by atoms with E-state index in [9.17, 15) is 31.1 Å². The van der Waals surface area contributed by atoms with Gasteiger partial charge in [0.05, 0.1) is 59.8 Å². The number of likely N-dealkylation sites (N-methyl/N-ethyl adjacent to an activating group) is 1. The summed E-state index contributed by atoms with van der Waals surface area (Å²) in [5.74, 6) is 0.405. The molecule has 0 bridgehead atoms. The van der Waals surface area contributed by atoms with Crippen molar-refractivity contribution in [3.05, 3.63) is 64.6 Å². The molecule has 1 N–H and O–H groups in total. The topological polar surface area (TPSA) is 95.9 Å². The quantitative estimate of drug-likeness (QED) is 0.266. The largest absolute Gasteiger partial charge is 0.481 e. The molecule has 260 valence electrons. The van der Waals surface area contributed by atoms with Crippen molar-refractivity contribution in [3.8, 4) is 5.88 Å². The molecule has 2 atom stereocenters. The summed E-state index contributed by atoms with van der Waals surface area (Å²) in [6.07, 6.45) is -8.30. The number of rotatable bonds is 8. The number of alkyl halides is 6. The van der Waals surface area contributed by atoms with E-state index in [1.807, 2.05) is 18.9 Å². The third-order valence-electron chi connectivity index (χ3n) is 8.50. The molecule has 3 aromatic rings. The SMILES string of the molecule is CCOC(=O)N1c2ccc(OC)nc2[C@@H](Nc2ncc(N3CCN(C)CC3)c(Cc3cc(C(F)(F)F)cc(C(F)(F)F)c3)n2)C[C@H]1CC. The van der Waals surface area contributed by atoms with Gasteiger partial charge < -0.3 is 24.6 Å². The van der Waals surface area contributed by atoms with Gasteiger partial charge in [-0.1, -0.05) is 6.92 Å². The van der Waals surface area contributed by atoms with E-state index in [0.717, 1.165) is 12.1 Å². The fourth-order valence-corrected chi connectivity index (χ4v) is 6.02. The van der Waals surface area contributed by atoms with Crippen LogP contribution in [0.2, 0.25) is 0 Å². The minimum atomic E-state index is -4.98. The maximum absolute atomic E-state index is 13.7. The molecule has 0 unspecified atom stereocenters. The molecule has 1 saturated heterocycles. The second-order valence-electron chi connectivity index (χ2n) is 11.7.